The van der Waals surface area contributed by atoms with Crippen LogP contribution < -0.4 is 16.0 Å². The average Bonchev–Trinajstić information content (AvgIpc) is 2.59. The zero-order chi connectivity index (χ0) is 16.9. The number of carbonyl (C=O) groups is 2. The predicted octanol–water partition coefficient (Wildman–Crippen LogP) is 2.22. The van der Waals surface area contributed by atoms with Crippen molar-refractivity contribution in [3.8, 4) is 0 Å². The molecule has 2 amide bonds. The van der Waals surface area contributed by atoms with E-state index >= 15 is 0 Å². The van der Waals surface area contributed by atoms with Gasteiger partial charge in [-0.1, -0.05) is 0 Å². The third kappa shape index (κ3) is 3.90. The second-order valence-corrected chi connectivity index (χ2v) is 5.92. The number of anilines is 2. The molecular formula is C18H20N4O2. The number of piperidine rings is 1. The Labute approximate surface area is 140 Å². The number of nitrogens with one attached hydrogen (secondary N) is 3. The molecule has 24 heavy (non-hydrogen) atoms. The van der Waals surface area contributed by atoms with Gasteiger partial charge in [-0.25, -0.2) is 0 Å². The fraction of sp³-hybridized carbons (Fsp3) is 0.278. The van der Waals surface area contributed by atoms with Crippen LogP contribution in [0.2, 0.25) is 0 Å². The van der Waals surface area contributed by atoms with E-state index in [1.807, 2.05) is 31.2 Å². The molecule has 1 fully saturated rings. The zero-order valence-electron chi connectivity index (χ0n) is 13.5. The first kappa shape index (κ1) is 16.0. The van der Waals surface area contributed by atoms with Crippen LogP contribution in [-0.2, 0) is 4.79 Å². The van der Waals surface area contributed by atoms with Crippen LogP contribution in [0.5, 0.6) is 0 Å². The molecule has 3 N–H and O–H groups in total. The molecule has 1 aromatic heterocycles. The van der Waals surface area contributed by atoms with E-state index in [1.165, 1.54) is 0 Å². The van der Waals surface area contributed by atoms with Gasteiger partial charge in [0.2, 0.25) is 5.91 Å². The van der Waals surface area contributed by atoms with E-state index in [1.54, 1.807) is 24.5 Å². The van der Waals surface area contributed by atoms with Gasteiger partial charge in [0.25, 0.3) is 5.91 Å². The van der Waals surface area contributed by atoms with Gasteiger partial charge in [-0.15, -0.1) is 0 Å². The van der Waals surface area contributed by atoms with Gasteiger partial charge in [0, 0.05) is 36.0 Å². The van der Waals surface area contributed by atoms with E-state index in [9.17, 15) is 9.59 Å². The molecule has 3 rings (SSSR count). The lowest BCUT2D eigenvalue weighted by atomic mass is 9.99. The summed E-state index contributed by atoms with van der Waals surface area (Å²) in [5.74, 6) is -0.0882. The fourth-order valence-corrected chi connectivity index (χ4v) is 2.72. The second kappa shape index (κ2) is 7.12. The van der Waals surface area contributed by atoms with E-state index in [-0.39, 0.29) is 23.9 Å². The SMILES string of the molecule is CC1NC(=O)CCC1NC(=O)c1ccc(Nc2cccnc2)cc1. The molecule has 6 nitrogen and oxygen atoms in total. The molecule has 1 aliphatic rings. The molecule has 2 aromatic rings. The number of hydrogen-bond acceptors (Lipinski definition) is 4. The minimum absolute atomic E-state index is 0.0385. The maximum atomic E-state index is 12.4. The van der Waals surface area contributed by atoms with Crippen LogP contribution in [0.3, 0.4) is 0 Å². The standard InChI is InChI=1S/C18H20N4O2/c1-12-16(8-9-17(23)20-12)22-18(24)13-4-6-14(7-5-13)21-15-3-2-10-19-11-15/h2-7,10-12,16,21H,8-9H2,1H3,(H,20,23)(H,22,24). The van der Waals surface area contributed by atoms with Crippen LogP contribution >= 0.6 is 0 Å². The third-order valence-corrected chi connectivity index (χ3v) is 4.09. The Morgan fingerprint density at radius 1 is 1.21 bits per heavy atom. The smallest absolute Gasteiger partial charge is 0.251 e. The Hall–Kier alpha value is -2.89. The summed E-state index contributed by atoms with van der Waals surface area (Å²) in [6.45, 7) is 1.91. The largest absolute Gasteiger partial charge is 0.354 e. The van der Waals surface area contributed by atoms with Crippen molar-refractivity contribution in [3.05, 3.63) is 54.4 Å². The highest BCUT2D eigenvalue weighted by molar-refractivity contribution is 5.95. The van der Waals surface area contributed by atoms with Gasteiger partial charge in [-0.05, 0) is 49.7 Å². The number of pyridine rings is 1. The van der Waals surface area contributed by atoms with E-state index in [4.69, 9.17) is 0 Å². The summed E-state index contributed by atoms with van der Waals surface area (Å²) in [6.07, 6.45) is 4.56. The molecular weight excluding hydrogens is 304 g/mol. The number of aromatic nitrogens is 1. The van der Waals surface area contributed by atoms with Gasteiger partial charge in [0.15, 0.2) is 0 Å². The highest BCUT2D eigenvalue weighted by atomic mass is 16.2. The molecule has 0 radical (unpaired) electrons. The van der Waals surface area contributed by atoms with Gasteiger partial charge in [0.05, 0.1) is 11.9 Å². The molecule has 2 unspecified atom stereocenters. The molecule has 6 heteroatoms. The lowest BCUT2D eigenvalue weighted by molar-refractivity contribution is -0.123. The molecule has 1 aromatic carbocycles. The maximum Gasteiger partial charge on any atom is 0.251 e. The lowest BCUT2D eigenvalue weighted by Gasteiger charge is -2.30. The van der Waals surface area contributed by atoms with Crippen molar-refractivity contribution >= 4 is 23.2 Å². The van der Waals surface area contributed by atoms with Crippen molar-refractivity contribution in [2.75, 3.05) is 5.32 Å². The molecule has 2 heterocycles. The number of nitrogens with zero attached hydrogens (tertiary/aromatic N) is 1. The van der Waals surface area contributed by atoms with Crippen molar-refractivity contribution < 1.29 is 9.59 Å². The second-order valence-electron chi connectivity index (χ2n) is 5.92. The van der Waals surface area contributed by atoms with Crippen LogP contribution in [0, 0.1) is 0 Å². The van der Waals surface area contributed by atoms with Crippen molar-refractivity contribution in [2.24, 2.45) is 0 Å². The molecule has 0 aliphatic carbocycles. The van der Waals surface area contributed by atoms with E-state index in [2.05, 4.69) is 20.9 Å². The topological polar surface area (TPSA) is 83.1 Å². The summed E-state index contributed by atoms with van der Waals surface area (Å²) in [6, 6.07) is 11.0. The number of amides is 2. The molecule has 2 atom stereocenters. The third-order valence-electron chi connectivity index (χ3n) is 4.09. The molecule has 0 saturated carbocycles. The summed E-state index contributed by atoms with van der Waals surface area (Å²) in [7, 11) is 0. The Kier molecular flexibility index (Phi) is 4.74. The highest BCUT2D eigenvalue weighted by Crippen LogP contribution is 2.16. The highest BCUT2D eigenvalue weighted by Gasteiger charge is 2.26. The molecule has 0 bridgehead atoms. The lowest BCUT2D eigenvalue weighted by Crippen LogP contribution is -2.53. The van der Waals surface area contributed by atoms with E-state index in [0.29, 0.717) is 18.4 Å². The summed E-state index contributed by atoms with van der Waals surface area (Å²) >= 11 is 0. The number of rotatable bonds is 4. The van der Waals surface area contributed by atoms with Crippen LogP contribution in [0.1, 0.15) is 30.1 Å². The summed E-state index contributed by atoms with van der Waals surface area (Å²) in [4.78, 5) is 27.7. The van der Waals surface area contributed by atoms with Gasteiger partial charge in [-0.3, -0.25) is 14.6 Å². The summed E-state index contributed by atoms with van der Waals surface area (Å²) in [5.41, 5.74) is 2.37. The summed E-state index contributed by atoms with van der Waals surface area (Å²) in [5, 5.41) is 9.07. The van der Waals surface area contributed by atoms with Crippen molar-refractivity contribution in [3.63, 3.8) is 0 Å². The van der Waals surface area contributed by atoms with Gasteiger partial charge >= 0.3 is 0 Å². The first-order chi connectivity index (χ1) is 11.6. The minimum Gasteiger partial charge on any atom is -0.354 e. The number of carbonyl (C=O) groups excluding carboxylic acids is 2. The quantitative estimate of drug-likeness (QED) is 0.805. The van der Waals surface area contributed by atoms with Crippen LogP contribution in [0.25, 0.3) is 0 Å². The summed E-state index contributed by atoms with van der Waals surface area (Å²) < 4.78 is 0. The van der Waals surface area contributed by atoms with Crippen LogP contribution in [0.15, 0.2) is 48.8 Å². The maximum absolute atomic E-state index is 12.4. The number of benzene rings is 1. The van der Waals surface area contributed by atoms with Crippen LogP contribution in [0.4, 0.5) is 11.4 Å². The van der Waals surface area contributed by atoms with Gasteiger partial charge < -0.3 is 16.0 Å². The van der Waals surface area contributed by atoms with Crippen molar-refractivity contribution in [1.29, 1.82) is 0 Å². The Morgan fingerprint density at radius 2 is 2.00 bits per heavy atom. The van der Waals surface area contributed by atoms with Crippen molar-refractivity contribution in [2.45, 2.75) is 31.8 Å². The minimum atomic E-state index is -0.129. The predicted molar refractivity (Wildman–Crippen MR) is 92.1 cm³/mol. The first-order valence-electron chi connectivity index (χ1n) is 7.99. The van der Waals surface area contributed by atoms with Gasteiger partial charge in [0.1, 0.15) is 0 Å². The van der Waals surface area contributed by atoms with E-state index < -0.39 is 0 Å². The first-order valence-corrected chi connectivity index (χ1v) is 7.99. The molecule has 1 aliphatic heterocycles. The fourth-order valence-electron chi connectivity index (χ4n) is 2.72. The Morgan fingerprint density at radius 3 is 2.67 bits per heavy atom. The molecule has 124 valence electrons. The van der Waals surface area contributed by atoms with Crippen LogP contribution in [-0.4, -0.2) is 28.9 Å². The Balaban J connectivity index is 1.60. The Bertz CT molecular complexity index is 716. The number of hydrogen-bond donors (Lipinski definition) is 3. The monoisotopic (exact) mass is 324 g/mol. The van der Waals surface area contributed by atoms with E-state index in [0.717, 1.165) is 11.4 Å². The molecule has 0 spiro atoms. The zero-order valence-corrected chi connectivity index (χ0v) is 13.5. The van der Waals surface area contributed by atoms with Gasteiger partial charge in [-0.2, -0.15) is 0 Å². The average molecular weight is 324 g/mol. The normalized spacial score (nSPS) is 20.1. The van der Waals surface area contributed by atoms with Crippen molar-refractivity contribution in [1.82, 2.24) is 15.6 Å². The molecule has 1 saturated heterocycles.